The summed E-state index contributed by atoms with van der Waals surface area (Å²) >= 11 is 1.26. The molecule has 0 aliphatic rings. The van der Waals surface area contributed by atoms with Crippen LogP contribution >= 0.6 is 11.3 Å². The van der Waals surface area contributed by atoms with Crippen LogP contribution in [0.1, 0.15) is 15.2 Å². The third-order valence-electron chi connectivity index (χ3n) is 2.68. The smallest absolute Gasteiger partial charge is 0.278 e. The summed E-state index contributed by atoms with van der Waals surface area (Å²) in [6.45, 7) is -0.245. The zero-order chi connectivity index (χ0) is 16.7. The normalized spacial score (nSPS) is 10.4. The number of rotatable bonds is 6. The van der Waals surface area contributed by atoms with Crippen LogP contribution in [0.4, 0.5) is 5.69 Å². The van der Waals surface area contributed by atoms with Gasteiger partial charge >= 0.3 is 0 Å². The topological polar surface area (TPSA) is 114 Å². The van der Waals surface area contributed by atoms with Gasteiger partial charge in [-0.1, -0.05) is 18.2 Å². The maximum atomic E-state index is 11.6. The average Bonchev–Trinajstić information content (AvgIpc) is 3.07. The number of nitro benzene ring substituents is 1. The predicted octanol–water partition coefficient (Wildman–Crippen LogP) is 1.54. The van der Waals surface area contributed by atoms with Crippen molar-refractivity contribution in [3.05, 3.63) is 62.3 Å². The molecule has 0 aliphatic carbocycles. The van der Waals surface area contributed by atoms with Crippen molar-refractivity contribution in [2.45, 2.75) is 0 Å². The highest BCUT2D eigenvalue weighted by Gasteiger charge is 2.10. The van der Waals surface area contributed by atoms with Gasteiger partial charge in [-0.2, -0.15) is 5.10 Å². The van der Waals surface area contributed by atoms with Gasteiger partial charge in [0, 0.05) is 6.07 Å². The fraction of sp³-hybridized carbons (Fsp3) is 0.0714. The molecule has 1 aromatic heterocycles. The van der Waals surface area contributed by atoms with E-state index in [4.69, 9.17) is 0 Å². The lowest BCUT2D eigenvalue weighted by Gasteiger charge is -2.02. The number of thiophene rings is 1. The first kappa shape index (κ1) is 16.3. The predicted molar refractivity (Wildman–Crippen MR) is 85.5 cm³/mol. The molecule has 0 saturated heterocycles. The minimum Gasteiger partial charge on any atom is -0.342 e. The highest BCUT2D eigenvalue weighted by atomic mass is 32.1. The lowest BCUT2D eigenvalue weighted by atomic mass is 10.2. The second kappa shape index (κ2) is 7.80. The van der Waals surface area contributed by atoms with Gasteiger partial charge in [0.05, 0.1) is 28.1 Å². The number of benzene rings is 1. The Hall–Kier alpha value is -3.07. The Morgan fingerprint density at radius 3 is 2.74 bits per heavy atom. The van der Waals surface area contributed by atoms with E-state index < -0.39 is 10.8 Å². The molecule has 118 valence electrons. The first-order valence-corrected chi connectivity index (χ1v) is 7.33. The Bertz CT molecular complexity index is 743. The zero-order valence-corrected chi connectivity index (χ0v) is 12.6. The molecule has 2 amide bonds. The molecule has 0 radical (unpaired) electrons. The number of hydrogen-bond donors (Lipinski definition) is 2. The van der Waals surface area contributed by atoms with Crippen LogP contribution in [-0.2, 0) is 4.79 Å². The molecule has 0 fully saturated rings. The molecule has 2 N–H and O–H groups in total. The van der Waals surface area contributed by atoms with Gasteiger partial charge in [-0.25, -0.2) is 5.43 Å². The fourth-order valence-electron chi connectivity index (χ4n) is 1.63. The van der Waals surface area contributed by atoms with E-state index in [1.807, 2.05) is 0 Å². The summed E-state index contributed by atoms with van der Waals surface area (Å²) in [4.78, 5) is 34.0. The maximum Gasteiger partial charge on any atom is 0.278 e. The lowest BCUT2D eigenvalue weighted by molar-refractivity contribution is -0.385. The van der Waals surface area contributed by atoms with Gasteiger partial charge in [0.2, 0.25) is 0 Å². The molecule has 0 spiro atoms. The number of hydrogen-bond acceptors (Lipinski definition) is 6. The highest BCUT2D eigenvalue weighted by molar-refractivity contribution is 7.12. The lowest BCUT2D eigenvalue weighted by Crippen LogP contribution is -2.34. The van der Waals surface area contributed by atoms with Crippen LogP contribution in [0.3, 0.4) is 0 Å². The van der Waals surface area contributed by atoms with Crippen LogP contribution in [0.15, 0.2) is 46.9 Å². The van der Waals surface area contributed by atoms with E-state index in [-0.39, 0.29) is 23.7 Å². The van der Waals surface area contributed by atoms with Crippen molar-refractivity contribution in [1.29, 1.82) is 0 Å². The van der Waals surface area contributed by atoms with Gasteiger partial charge in [-0.15, -0.1) is 11.3 Å². The molecule has 2 aromatic rings. The van der Waals surface area contributed by atoms with E-state index in [1.54, 1.807) is 23.6 Å². The summed E-state index contributed by atoms with van der Waals surface area (Å²) in [5, 5.41) is 18.7. The molecular formula is C14H12N4O4S. The van der Waals surface area contributed by atoms with E-state index in [0.717, 1.165) is 0 Å². The minimum absolute atomic E-state index is 0.114. The molecule has 8 nitrogen and oxygen atoms in total. The van der Waals surface area contributed by atoms with Crippen molar-refractivity contribution in [2.24, 2.45) is 5.10 Å². The van der Waals surface area contributed by atoms with E-state index >= 15 is 0 Å². The molecule has 0 unspecified atom stereocenters. The van der Waals surface area contributed by atoms with E-state index in [1.165, 1.54) is 35.8 Å². The molecule has 9 heteroatoms. The summed E-state index contributed by atoms with van der Waals surface area (Å²) < 4.78 is 0. The summed E-state index contributed by atoms with van der Waals surface area (Å²) in [6, 6.07) is 9.38. The van der Waals surface area contributed by atoms with Crippen LogP contribution in [0, 0.1) is 10.1 Å². The van der Waals surface area contributed by atoms with Crippen molar-refractivity contribution in [3.63, 3.8) is 0 Å². The Balaban J connectivity index is 1.85. The van der Waals surface area contributed by atoms with Crippen LogP contribution in [0.5, 0.6) is 0 Å². The third-order valence-corrected chi connectivity index (χ3v) is 3.55. The second-order valence-corrected chi connectivity index (χ2v) is 5.22. The van der Waals surface area contributed by atoms with E-state index in [0.29, 0.717) is 4.88 Å². The monoisotopic (exact) mass is 332 g/mol. The Kier molecular flexibility index (Phi) is 5.53. The van der Waals surface area contributed by atoms with Crippen molar-refractivity contribution >= 4 is 35.1 Å². The molecule has 0 atom stereocenters. The summed E-state index contributed by atoms with van der Waals surface area (Å²) in [5.41, 5.74) is 2.34. The van der Waals surface area contributed by atoms with Gasteiger partial charge in [-0.3, -0.25) is 19.7 Å². The fourth-order valence-corrected chi connectivity index (χ4v) is 2.27. The summed E-state index contributed by atoms with van der Waals surface area (Å²) in [6.07, 6.45) is 1.18. The summed E-state index contributed by atoms with van der Waals surface area (Å²) in [7, 11) is 0. The highest BCUT2D eigenvalue weighted by Crippen LogP contribution is 2.14. The molecule has 23 heavy (non-hydrogen) atoms. The minimum atomic E-state index is -0.537. The van der Waals surface area contributed by atoms with Gasteiger partial charge in [0.1, 0.15) is 0 Å². The number of carbonyl (C=O) groups is 2. The number of nitro groups is 1. The van der Waals surface area contributed by atoms with Crippen LogP contribution in [-0.4, -0.2) is 29.5 Å². The third kappa shape index (κ3) is 4.71. The average molecular weight is 332 g/mol. The standard InChI is InChI=1S/C14H12N4O4S/c19-13(9-15-14(20)12-6-3-7-23-12)17-16-8-10-4-1-2-5-11(10)18(21)22/h1-8H,9H2,(H,15,20)(H,17,19)/b16-8+. The van der Waals surface area contributed by atoms with Crippen molar-refractivity contribution in [3.8, 4) is 0 Å². The van der Waals surface area contributed by atoms with Crippen LogP contribution < -0.4 is 10.7 Å². The van der Waals surface area contributed by atoms with Crippen LogP contribution in [0.2, 0.25) is 0 Å². The van der Waals surface area contributed by atoms with Gasteiger partial charge in [0.25, 0.3) is 17.5 Å². The first-order chi connectivity index (χ1) is 11.1. The SMILES string of the molecule is O=C(CNC(=O)c1cccs1)N/N=C/c1ccccc1[N+](=O)[O-]. The van der Waals surface area contributed by atoms with E-state index in [9.17, 15) is 19.7 Å². The molecule has 0 saturated carbocycles. The first-order valence-electron chi connectivity index (χ1n) is 6.45. The largest absolute Gasteiger partial charge is 0.342 e. The Labute approximate surface area is 135 Å². The molecule has 1 heterocycles. The molecule has 0 bridgehead atoms. The van der Waals surface area contributed by atoms with Gasteiger partial charge < -0.3 is 5.32 Å². The molecular weight excluding hydrogens is 320 g/mol. The van der Waals surface area contributed by atoms with Crippen molar-refractivity contribution in [2.75, 3.05) is 6.54 Å². The number of nitrogens with zero attached hydrogens (tertiary/aromatic N) is 2. The Morgan fingerprint density at radius 1 is 1.26 bits per heavy atom. The maximum absolute atomic E-state index is 11.6. The number of carbonyl (C=O) groups excluding carboxylic acids is 2. The number of hydrazone groups is 1. The zero-order valence-electron chi connectivity index (χ0n) is 11.8. The number of nitrogens with one attached hydrogen (secondary N) is 2. The summed E-state index contributed by atoms with van der Waals surface area (Å²) in [5.74, 6) is -0.887. The van der Waals surface area contributed by atoms with Gasteiger partial charge in [0.15, 0.2) is 0 Å². The van der Waals surface area contributed by atoms with Crippen LogP contribution in [0.25, 0.3) is 0 Å². The van der Waals surface area contributed by atoms with Gasteiger partial charge in [-0.05, 0) is 17.5 Å². The molecule has 1 aromatic carbocycles. The molecule has 0 aliphatic heterocycles. The number of para-hydroxylation sites is 1. The quantitative estimate of drug-likeness (QED) is 0.474. The number of amides is 2. The second-order valence-electron chi connectivity index (χ2n) is 4.27. The Morgan fingerprint density at radius 2 is 2.04 bits per heavy atom. The van der Waals surface area contributed by atoms with Crippen molar-refractivity contribution in [1.82, 2.24) is 10.7 Å². The van der Waals surface area contributed by atoms with Crippen molar-refractivity contribution < 1.29 is 14.5 Å². The van der Waals surface area contributed by atoms with E-state index in [2.05, 4.69) is 15.8 Å². The molecule has 2 rings (SSSR count).